The molecule has 108 valence electrons. The monoisotopic (exact) mass is 275 g/mol. The summed E-state index contributed by atoms with van der Waals surface area (Å²) in [5.41, 5.74) is 1.17. The van der Waals surface area contributed by atoms with Crippen LogP contribution in [0.3, 0.4) is 0 Å². The van der Waals surface area contributed by atoms with Crippen LogP contribution in [0.15, 0.2) is 24.3 Å². The molecule has 2 aliphatic rings. The van der Waals surface area contributed by atoms with E-state index in [1.165, 1.54) is 25.7 Å². The standard InChI is InChI=1S/C15H21N3O2/c19-18(20)14-6-1-5-13(10-14)17-9-3-4-12(11-17)15-7-2-8-16-15/h1,5-6,10,12,15-16H,2-4,7-9,11H2. The van der Waals surface area contributed by atoms with E-state index in [9.17, 15) is 10.1 Å². The molecule has 20 heavy (non-hydrogen) atoms. The van der Waals surface area contributed by atoms with Crippen LogP contribution in [0, 0.1) is 16.0 Å². The molecule has 2 atom stereocenters. The Bertz CT molecular complexity index is 486. The van der Waals surface area contributed by atoms with Gasteiger partial charge in [0.1, 0.15) is 0 Å². The molecule has 0 aromatic heterocycles. The number of non-ortho nitro benzene ring substituents is 1. The van der Waals surface area contributed by atoms with Crippen molar-refractivity contribution in [3.05, 3.63) is 34.4 Å². The summed E-state index contributed by atoms with van der Waals surface area (Å²) in [6, 6.07) is 7.66. The Morgan fingerprint density at radius 3 is 2.95 bits per heavy atom. The summed E-state index contributed by atoms with van der Waals surface area (Å²) < 4.78 is 0. The number of piperidine rings is 1. The van der Waals surface area contributed by atoms with E-state index in [1.807, 2.05) is 6.07 Å². The van der Waals surface area contributed by atoms with Crippen molar-refractivity contribution >= 4 is 11.4 Å². The third-order valence-electron chi connectivity index (χ3n) is 4.53. The van der Waals surface area contributed by atoms with Crippen molar-refractivity contribution in [1.29, 1.82) is 0 Å². The third-order valence-corrected chi connectivity index (χ3v) is 4.53. The Morgan fingerprint density at radius 1 is 1.30 bits per heavy atom. The molecule has 0 aliphatic carbocycles. The highest BCUT2D eigenvalue weighted by Gasteiger charge is 2.29. The fourth-order valence-corrected chi connectivity index (χ4v) is 3.49. The lowest BCUT2D eigenvalue weighted by Gasteiger charge is -2.37. The van der Waals surface area contributed by atoms with E-state index >= 15 is 0 Å². The number of hydrogen-bond acceptors (Lipinski definition) is 4. The molecule has 1 aromatic rings. The maximum absolute atomic E-state index is 10.9. The number of nitro benzene ring substituents is 1. The van der Waals surface area contributed by atoms with Crippen molar-refractivity contribution in [3.8, 4) is 0 Å². The molecule has 0 amide bonds. The van der Waals surface area contributed by atoms with Crippen LogP contribution in [-0.4, -0.2) is 30.6 Å². The highest BCUT2D eigenvalue weighted by atomic mass is 16.6. The number of nitrogens with zero attached hydrogens (tertiary/aromatic N) is 2. The fourth-order valence-electron chi connectivity index (χ4n) is 3.49. The van der Waals surface area contributed by atoms with E-state index in [2.05, 4.69) is 10.2 Å². The van der Waals surface area contributed by atoms with Gasteiger partial charge in [0.2, 0.25) is 0 Å². The molecule has 5 nitrogen and oxygen atoms in total. The lowest BCUT2D eigenvalue weighted by atomic mass is 9.89. The van der Waals surface area contributed by atoms with Gasteiger partial charge in [-0.15, -0.1) is 0 Å². The molecular formula is C15H21N3O2. The van der Waals surface area contributed by atoms with Gasteiger partial charge in [-0.3, -0.25) is 10.1 Å². The second kappa shape index (κ2) is 5.79. The van der Waals surface area contributed by atoms with Gasteiger partial charge in [0, 0.05) is 37.0 Å². The first-order valence-corrected chi connectivity index (χ1v) is 7.47. The van der Waals surface area contributed by atoms with Crippen LogP contribution in [-0.2, 0) is 0 Å². The van der Waals surface area contributed by atoms with E-state index in [1.54, 1.807) is 18.2 Å². The molecule has 0 bridgehead atoms. The van der Waals surface area contributed by atoms with Gasteiger partial charge in [-0.2, -0.15) is 0 Å². The molecule has 1 aromatic carbocycles. The molecule has 2 fully saturated rings. The largest absolute Gasteiger partial charge is 0.371 e. The Balaban J connectivity index is 1.72. The average molecular weight is 275 g/mol. The maximum Gasteiger partial charge on any atom is 0.271 e. The van der Waals surface area contributed by atoms with Gasteiger partial charge in [0.25, 0.3) is 5.69 Å². The van der Waals surface area contributed by atoms with Gasteiger partial charge in [-0.1, -0.05) is 6.07 Å². The van der Waals surface area contributed by atoms with Crippen LogP contribution in [0.1, 0.15) is 25.7 Å². The molecular weight excluding hydrogens is 254 g/mol. The molecule has 5 heteroatoms. The summed E-state index contributed by atoms with van der Waals surface area (Å²) in [5, 5.41) is 14.5. The van der Waals surface area contributed by atoms with E-state index in [-0.39, 0.29) is 10.6 Å². The number of rotatable bonds is 3. The topological polar surface area (TPSA) is 58.4 Å². The van der Waals surface area contributed by atoms with Crippen LogP contribution >= 0.6 is 0 Å². The number of anilines is 1. The Morgan fingerprint density at radius 2 is 2.20 bits per heavy atom. The lowest BCUT2D eigenvalue weighted by Crippen LogP contribution is -2.43. The van der Waals surface area contributed by atoms with E-state index in [0.29, 0.717) is 12.0 Å². The third kappa shape index (κ3) is 2.77. The summed E-state index contributed by atoms with van der Waals surface area (Å²) in [6.45, 7) is 3.15. The van der Waals surface area contributed by atoms with Gasteiger partial charge in [0.15, 0.2) is 0 Å². The zero-order valence-electron chi connectivity index (χ0n) is 11.6. The van der Waals surface area contributed by atoms with E-state index < -0.39 is 0 Å². The average Bonchev–Trinajstić information content (AvgIpc) is 3.02. The maximum atomic E-state index is 10.9. The Labute approximate surface area is 119 Å². The molecule has 0 radical (unpaired) electrons. The van der Waals surface area contributed by atoms with Crippen molar-refractivity contribution in [2.45, 2.75) is 31.7 Å². The number of hydrogen-bond donors (Lipinski definition) is 1. The first kappa shape index (κ1) is 13.4. The van der Waals surface area contributed by atoms with E-state index in [0.717, 1.165) is 25.3 Å². The van der Waals surface area contributed by atoms with Gasteiger partial charge >= 0.3 is 0 Å². The SMILES string of the molecule is O=[N+]([O-])c1cccc(N2CCCC(C3CCCN3)C2)c1. The molecule has 1 N–H and O–H groups in total. The number of nitro groups is 1. The first-order chi connectivity index (χ1) is 9.74. The van der Waals surface area contributed by atoms with Crippen molar-refractivity contribution in [2.75, 3.05) is 24.5 Å². The predicted molar refractivity (Wildman–Crippen MR) is 79.1 cm³/mol. The fraction of sp³-hybridized carbons (Fsp3) is 0.600. The van der Waals surface area contributed by atoms with Crippen molar-refractivity contribution in [2.24, 2.45) is 5.92 Å². The summed E-state index contributed by atoms with van der Waals surface area (Å²) in [5.74, 6) is 0.672. The van der Waals surface area contributed by atoms with Crippen LogP contribution < -0.4 is 10.2 Å². The highest BCUT2D eigenvalue weighted by molar-refractivity contribution is 5.53. The minimum atomic E-state index is -0.316. The van der Waals surface area contributed by atoms with Gasteiger partial charge in [-0.25, -0.2) is 0 Å². The number of nitrogens with one attached hydrogen (secondary N) is 1. The minimum absolute atomic E-state index is 0.184. The molecule has 2 heterocycles. The predicted octanol–water partition coefficient (Wildman–Crippen LogP) is 2.56. The summed E-state index contributed by atoms with van der Waals surface area (Å²) in [7, 11) is 0. The van der Waals surface area contributed by atoms with E-state index in [4.69, 9.17) is 0 Å². The zero-order chi connectivity index (χ0) is 13.9. The number of benzene rings is 1. The lowest BCUT2D eigenvalue weighted by molar-refractivity contribution is -0.384. The molecule has 0 spiro atoms. The Kier molecular flexibility index (Phi) is 3.87. The Hall–Kier alpha value is -1.62. The smallest absolute Gasteiger partial charge is 0.271 e. The normalized spacial score (nSPS) is 26.7. The molecule has 0 saturated carbocycles. The first-order valence-electron chi connectivity index (χ1n) is 7.47. The quantitative estimate of drug-likeness (QED) is 0.680. The van der Waals surface area contributed by atoms with Gasteiger partial charge in [-0.05, 0) is 44.2 Å². The van der Waals surface area contributed by atoms with Crippen LogP contribution in [0.4, 0.5) is 11.4 Å². The highest BCUT2D eigenvalue weighted by Crippen LogP contribution is 2.29. The second-order valence-electron chi connectivity index (χ2n) is 5.83. The molecule has 3 rings (SSSR count). The minimum Gasteiger partial charge on any atom is -0.371 e. The van der Waals surface area contributed by atoms with Crippen molar-refractivity contribution < 1.29 is 4.92 Å². The van der Waals surface area contributed by atoms with Crippen molar-refractivity contribution in [3.63, 3.8) is 0 Å². The van der Waals surface area contributed by atoms with Crippen LogP contribution in [0.25, 0.3) is 0 Å². The van der Waals surface area contributed by atoms with Crippen LogP contribution in [0.2, 0.25) is 0 Å². The van der Waals surface area contributed by atoms with Crippen LogP contribution in [0.5, 0.6) is 0 Å². The van der Waals surface area contributed by atoms with Gasteiger partial charge in [0.05, 0.1) is 4.92 Å². The van der Waals surface area contributed by atoms with Gasteiger partial charge < -0.3 is 10.2 Å². The molecule has 2 aliphatic heterocycles. The van der Waals surface area contributed by atoms with Crippen molar-refractivity contribution in [1.82, 2.24) is 5.32 Å². The molecule has 2 unspecified atom stereocenters. The summed E-state index contributed by atoms with van der Waals surface area (Å²) in [4.78, 5) is 12.9. The second-order valence-corrected chi connectivity index (χ2v) is 5.83. The molecule has 2 saturated heterocycles. The summed E-state index contributed by atoms with van der Waals surface area (Å²) >= 11 is 0. The zero-order valence-corrected chi connectivity index (χ0v) is 11.6. The summed E-state index contributed by atoms with van der Waals surface area (Å²) in [6.07, 6.45) is 4.99.